The van der Waals surface area contributed by atoms with Crippen molar-refractivity contribution in [3.63, 3.8) is 0 Å². The number of amides is 1. The average Bonchev–Trinajstić information content (AvgIpc) is 2.45. The minimum Gasteiger partial charge on any atom is -0.493 e. The van der Waals surface area contributed by atoms with Gasteiger partial charge in [-0.1, -0.05) is 23.8 Å². The summed E-state index contributed by atoms with van der Waals surface area (Å²) in [6, 6.07) is 13.7. The number of benzene rings is 2. The molecule has 0 aromatic heterocycles. The fourth-order valence-corrected chi connectivity index (χ4v) is 2.31. The summed E-state index contributed by atoms with van der Waals surface area (Å²) in [5, 5.41) is 2.88. The van der Waals surface area contributed by atoms with Crippen molar-refractivity contribution in [3.8, 4) is 5.75 Å². The maximum atomic E-state index is 11.9. The second-order valence-corrected chi connectivity index (χ2v) is 6.09. The van der Waals surface area contributed by atoms with Crippen LogP contribution in [-0.4, -0.2) is 12.5 Å². The standard InChI is InChI=1S/C17H18INO2/c1-12-3-7-15(8-4-12)21-10-9-17(20)19-14-6-5-13(2)16(18)11-14/h3-8,11H,9-10H2,1-2H3,(H,19,20). The second kappa shape index (κ2) is 7.45. The Morgan fingerprint density at radius 2 is 1.86 bits per heavy atom. The van der Waals surface area contributed by atoms with Gasteiger partial charge < -0.3 is 10.1 Å². The Morgan fingerprint density at radius 1 is 1.14 bits per heavy atom. The van der Waals surface area contributed by atoms with Gasteiger partial charge in [-0.25, -0.2) is 0 Å². The Hall–Kier alpha value is -1.56. The van der Waals surface area contributed by atoms with E-state index in [0.717, 1.165) is 15.0 Å². The average molecular weight is 395 g/mol. The van der Waals surface area contributed by atoms with Crippen LogP contribution in [0.25, 0.3) is 0 Å². The summed E-state index contributed by atoms with van der Waals surface area (Å²) in [5.74, 6) is 0.750. The minimum atomic E-state index is -0.0400. The molecule has 0 unspecified atom stereocenters. The molecule has 0 aliphatic carbocycles. The van der Waals surface area contributed by atoms with Crippen LogP contribution in [-0.2, 0) is 4.79 Å². The van der Waals surface area contributed by atoms with E-state index in [-0.39, 0.29) is 5.91 Å². The number of ether oxygens (including phenoxy) is 1. The van der Waals surface area contributed by atoms with Gasteiger partial charge in [0, 0.05) is 9.26 Å². The molecule has 0 bridgehead atoms. The molecule has 0 saturated heterocycles. The maximum Gasteiger partial charge on any atom is 0.227 e. The van der Waals surface area contributed by atoms with Gasteiger partial charge in [-0.3, -0.25) is 4.79 Å². The minimum absolute atomic E-state index is 0.0400. The van der Waals surface area contributed by atoms with Gasteiger partial charge in [0.05, 0.1) is 13.0 Å². The number of aryl methyl sites for hydroxylation is 2. The van der Waals surface area contributed by atoms with Gasteiger partial charge in [0.25, 0.3) is 0 Å². The lowest BCUT2D eigenvalue weighted by molar-refractivity contribution is -0.116. The molecule has 0 atom stereocenters. The summed E-state index contributed by atoms with van der Waals surface area (Å²) in [5.41, 5.74) is 3.22. The monoisotopic (exact) mass is 395 g/mol. The van der Waals surface area contributed by atoms with E-state index in [0.29, 0.717) is 13.0 Å². The van der Waals surface area contributed by atoms with Gasteiger partial charge in [-0.05, 0) is 66.3 Å². The summed E-state index contributed by atoms with van der Waals surface area (Å²) in [6.45, 7) is 4.45. The Balaban J connectivity index is 1.79. The third-order valence-corrected chi connectivity index (χ3v) is 4.24. The highest BCUT2D eigenvalue weighted by Gasteiger charge is 2.04. The van der Waals surface area contributed by atoms with E-state index in [1.807, 2.05) is 56.3 Å². The molecule has 2 aromatic rings. The quantitative estimate of drug-likeness (QED) is 0.767. The van der Waals surface area contributed by atoms with Crippen molar-refractivity contribution >= 4 is 34.2 Å². The highest BCUT2D eigenvalue weighted by Crippen LogP contribution is 2.17. The van der Waals surface area contributed by atoms with E-state index in [1.54, 1.807) is 0 Å². The summed E-state index contributed by atoms with van der Waals surface area (Å²) < 4.78 is 6.69. The second-order valence-electron chi connectivity index (χ2n) is 4.92. The van der Waals surface area contributed by atoms with Crippen molar-refractivity contribution < 1.29 is 9.53 Å². The van der Waals surface area contributed by atoms with Crippen LogP contribution in [0.2, 0.25) is 0 Å². The molecule has 2 aromatic carbocycles. The van der Waals surface area contributed by atoms with E-state index in [4.69, 9.17) is 4.74 Å². The summed E-state index contributed by atoms with van der Waals surface area (Å²) >= 11 is 2.26. The molecular weight excluding hydrogens is 377 g/mol. The lowest BCUT2D eigenvalue weighted by Crippen LogP contribution is -2.15. The van der Waals surface area contributed by atoms with Crippen LogP contribution in [0.15, 0.2) is 42.5 Å². The van der Waals surface area contributed by atoms with E-state index >= 15 is 0 Å². The molecule has 0 radical (unpaired) electrons. The largest absolute Gasteiger partial charge is 0.493 e. The van der Waals surface area contributed by atoms with Crippen molar-refractivity contribution in [2.24, 2.45) is 0 Å². The molecule has 0 aliphatic rings. The van der Waals surface area contributed by atoms with Crippen LogP contribution in [0.3, 0.4) is 0 Å². The fourth-order valence-electron chi connectivity index (χ4n) is 1.79. The predicted octanol–water partition coefficient (Wildman–Crippen LogP) is 4.32. The van der Waals surface area contributed by atoms with Gasteiger partial charge in [0.2, 0.25) is 5.91 Å². The number of nitrogens with one attached hydrogen (secondary N) is 1. The molecule has 3 nitrogen and oxygen atoms in total. The zero-order valence-corrected chi connectivity index (χ0v) is 14.3. The van der Waals surface area contributed by atoms with Gasteiger partial charge >= 0.3 is 0 Å². The van der Waals surface area contributed by atoms with Crippen molar-refractivity contribution in [2.45, 2.75) is 20.3 Å². The molecule has 2 rings (SSSR count). The number of rotatable bonds is 5. The third kappa shape index (κ3) is 5.04. The van der Waals surface area contributed by atoms with Gasteiger partial charge in [0.1, 0.15) is 5.75 Å². The molecule has 110 valence electrons. The molecule has 1 N–H and O–H groups in total. The first kappa shape index (κ1) is 15.8. The van der Waals surface area contributed by atoms with Crippen molar-refractivity contribution in [3.05, 3.63) is 57.2 Å². The van der Waals surface area contributed by atoms with Gasteiger partial charge in [-0.15, -0.1) is 0 Å². The Labute approximate surface area is 138 Å². The van der Waals surface area contributed by atoms with Crippen LogP contribution >= 0.6 is 22.6 Å². The third-order valence-electron chi connectivity index (χ3n) is 3.07. The van der Waals surface area contributed by atoms with Crippen LogP contribution in [0.4, 0.5) is 5.69 Å². The van der Waals surface area contributed by atoms with Crippen LogP contribution in [0.1, 0.15) is 17.5 Å². The summed E-state index contributed by atoms with van der Waals surface area (Å²) in [7, 11) is 0. The number of hydrogen-bond donors (Lipinski definition) is 1. The first-order valence-corrected chi connectivity index (χ1v) is 7.88. The van der Waals surface area contributed by atoms with E-state index in [1.165, 1.54) is 11.1 Å². The predicted molar refractivity (Wildman–Crippen MR) is 93.8 cm³/mol. The van der Waals surface area contributed by atoms with Crippen molar-refractivity contribution in [1.82, 2.24) is 0 Å². The van der Waals surface area contributed by atoms with Crippen LogP contribution in [0, 0.1) is 17.4 Å². The first-order chi connectivity index (χ1) is 10.0. The van der Waals surface area contributed by atoms with Crippen molar-refractivity contribution in [2.75, 3.05) is 11.9 Å². The molecule has 4 heteroatoms. The van der Waals surface area contributed by atoms with E-state index in [9.17, 15) is 4.79 Å². The lowest BCUT2D eigenvalue weighted by atomic mass is 10.2. The first-order valence-electron chi connectivity index (χ1n) is 6.80. The molecular formula is C17H18INO2. The maximum absolute atomic E-state index is 11.9. The molecule has 1 amide bonds. The summed E-state index contributed by atoms with van der Waals surface area (Å²) in [4.78, 5) is 11.9. The van der Waals surface area contributed by atoms with Gasteiger partial charge in [0.15, 0.2) is 0 Å². The molecule has 0 spiro atoms. The Bertz CT molecular complexity index is 623. The molecule has 0 saturated carbocycles. The van der Waals surface area contributed by atoms with E-state index in [2.05, 4.69) is 27.9 Å². The molecule has 0 heterocycles. The number of hydrogen-bond acceptors (Lipinski definition) is 2. The topological polar surface area (TPSA) is 38.3 Å². The van der Waals surface area contributed by atoms with Crippen LogP contribution in [0.5, 0.6) is 5.75 Å². The van der Waals surface area contributed by atoms with Crippen molar-refractivity contribution in [1.29, 1.82) is 0 Å². The normalized spacial score (nSPS) is 10.2. The zero-order chi connectivity index (χ0) is 15.2. The summed E-state index contributed by atoms with van der Waals surface area (Å²) in [6.07, 6.45) is 0.332. The fraction of sp³-hybridized carbons (Fsp3) is 0.235. The number of carbonyl (C=O) groups is 1. The molecule has 0 fully saturated rings. The smallest absolute Gasteiger partial charge is 0.227 e. The molecule has 0 aliphatic heterocycles. The van der Waals surface area contributed by atoms with Crippen LogP contribution < -0.4 is 10.1 Å². The highest BCUT2D eigenvalue weighted by molar-refractivity contribution is 14.1. The van der Waals surface area contributed by atoms with Gasteiger partial charge in [-0.2, -0.15) is 0 Å². The molecule has 21 heavy (non-hydrogen) atoms. The Morgan fingerprint density at radius 3 is 2.52 bits per heavy atom. The zero-order valence-electron chi connectivity index (χ0n) is 12.2. The number of anilines is 1. The SMILES string of the molecule is Cc1ccc(OCCC(=O)Nc2ccc(C)c(I)c2)cc1. The number of halogens is 1. The highest BCUT2D eigenvalue weighted by atomic mass is 127. The number of carbonyl (C=O) groups excluding carboxylic acids is 1. The van der Waals surface area contributed by atoms with E-state index < -0.39 is 0 Å². The Kier molecular flexibility index (Phi) is 5.61. The lowest BCUT2D eigenvalue weighted by Gasteiger charge is -2.08.